The number of allylic oxidation sites excluding steroid dienone is 4. The van der Waals surface area contributed by atoms with Crippen LogP contribution in [0.2, 0.25) is 0 Å². The van der Waals surface area contributed by atoms with Crippen molar-refractivity contribution in [3.05, 3.63) is 35.6 Å². The van der Waals surface area contributed by atoms with Crippen LogP contribution in [0.3, 0.4) is 0 Å². The lowest BCUT2D eigenvalue weighted by Crippen LogP contribution is -2.53. The highest BCUT2D eigenvalue weighted by Crippen LogP contribution is 2.69. The Labute approximate surface area is 162 Å². The van der Waals surface area contributed by atoms with Crippen LogP contribution in [0.1, 0.15) is 66.2 Å². The van der Waals surface area contributed by atoms with Gasteiger partial charge in [-0.1, -0.05) is 44.6 Å². The maximum atomic E-state index is 12.0. The van der Waals surface area contributed by atoms with Crippen LogP contribution >= 0.6 is 0 Å². The Morgan fingerprint density at radius 3 is 2.78 bits per heavy atom. The highest BCUT2D eigenvalue weighted by atomic mass is 16.5. The molecule has 0 aromatic heterocycles. The van der Waals surface area contributed by atoms with E-state index >= 15 is 0 Å². The molecule has 5 rings (SSSR count). The zero-order chi connectivity index (χ0) is 19.2. The van der Waals surface area contributed by atoms with Gasteiger partial charge in [0.15, 0.2) is 17.3 Å². The standard InChI is InChI=1S/C24H31NO2/c1-14-12-21-19-7-6-17-13-18(26)8-10-22(17,4)20(19)9-11-23(21,5)24(14)15(2)25-16(3)27-24/h9,13-14,19,21H,2,6-8,10-12H2,1,3-5H3/t14-,19+,21-,22-,23-,24+/m0/s1. The molecule has 2 fully saturated rings. The number of ether oxygens (including phenoxy) is 1. The lowest BCUT2D eigenvalue weighted by atomic mass is 9.50. The number of aliphatic imine (C=N–C) groups is 1. The van der Waals surface area contributed by atoms with Crippen LogP contribution in [0.25, 0.3) is 0 Å². The Morgan fingerprint density at radius 1 is 1.30 bits per heavy atom. The molecule has 0 unspecified atom stereocenters. The van der Waals surface area contributed by atoms with Gasteiger partial charge in [0.2, 0.25) is 0 Å². The first-order valence-corrected chi connectivity index (χ1v) is 10.6. The predicted octanol–water partition coefficient (Wildman–Crippen LogP) is 5.39. The molecule has 0 aromatic rings. The molecule has 0 N–H and O–H groups in total. The molecule has 0 bridgehead atoms. The molecule has 0 aromatic carbocycles. The van der Waals surface area contributed by atoms with E-state index in [0.29, 0.717) is 30.0 Å². The molecular formula is C24H31NO2. The van der Waals surface area contributed by atoms with Crippen molar-refractivity contribution in [3.8, 4) is 0 Å². The third kappa shape index (κ3) is 1.93. The molecule has 3 nitrogen and oxygen atoms in total. The molecule has 27 heavy (non-hydrogen) atoms. The SMILES string of the molecule is C=C1N=C(C)O[C@]12[C@@H](C)C[C@H]1[C@@H]3CCC4=CC(=O)CC[C@]4(C)C3=CC[C@@]12C. The van der Waals surface area contributed by atoms with Crippen molar-refractivity contribution >= 4 is 11.7 Å². The Kier molecular flexibility index (Phi) is 3.39. The van der Waals surface area contributed by atoms with Crippen LogP contribution in [0.4, 0.5) is 0 Å². The Balaban J connectivity index is 1.59. The van der Waals surface area contributed by atoms with Crippen molar-refractivity contribution in [2.75, 3.05) is 0 Å². The average Bonchev–Trinajstić information content (AvgIpc) is 3.04. The average molecular weight is 366 g/mol. The van der Waals surface area contributed by atoms with Crippen LogP contribution in [0, 0.1) is 28.6 Å². The third-order valence-electron chi connectivity index (χ3n) is 8.91. The first-order valence-electron chi connectivity index (χ1n) is 10.6. The predicted molar refractivity (Wildman–Crippen MR) is 107 cm³/mol. The molecule has 5 aliphatic rings. The molecule has 1 heterocycles. The van der Waals surface area contributed by atoms with Gasteiger partial charge in [-0.15, -0.1) is 0 Å². The van der Waals surface area contributed by atoms with Crippen molar-refractivity contribution in [2.45, 2.75) is 71.8 Å². The summed E-state index contributed by atoms with van der Waals surface area (Å²) in [7, 11) is 0. The monoisotopic (exact) mass is 365 g/mol. The molecule has 0 amide bonds. The smallest absolute Gasteiger partial charge is 0.186 e. The minimum atomic E-state index is -0.344. The number of hydrogen-bond acceptors (Lipinski definition) is 3. The molecule has 1 spiro atoms. The van der Waals surface area contributed by atoms with Gasteiger partial charge in [0.1, 0.15) is 0 Å². The number of nitrogens with zero attached hydrogens (tertiary/aromatic N) is 1. The quantitative estimate of drug-likeness (QED) is 0.540. The minimum Gasteiger partial charge on any atom is -0.467 e. The van der Waals surface area contributed by atoms with Crippen molar-refractivity contribution in [3.63, 3.8) is 0 Å². The van der Waals surface area contributed by atoms with Crippen LogP contribution in [0.15, 0.2) is 40.6 Å². The number of fused-ring (bicyclic) bond motifs is 6. The summed E-state index contributed by atoms with van der Waals surface area (Å²) in [4.78, 5) is 16.6. The van der Waals surface area contributed by atoms with Gasteiger partial charge in [-0.25, -0.2) is 4.99 Å². The molecule has 0 saturated heterocycles. The van der Waals surface area contributed by atoms with Crippen molar-refractivity contribution in [1.82, 2.24) is 0 Å². The zero-order valence-corrected chi connectivity index (χ0v) is 17.1. The number of carbonyl (C=O) groups is 1. The molecule has 2 saturated carbocycles. The van der Waals surface area contributed by atoms with E-state index in [-0.39, 0.29) is 16.4 Å². The van der Waals surface area contributed by atoms with E-state index in [1.165, 1.54) is 12.0 Å². The highest BCUT2D eigenvalue weighted by Gasteiger charge is 2.69. The normalized spacial score (nSPS) is 48.3. The second-order valence-corrected chi connectivity index (χ2v) is 10.1. The fourth-order valence-corrected chi connectivity index (χ4v) is 7.61. The molecular weight excluding hydrogens is 334 g/mol. The first kappa shape index (κ1) is 17.5. The van der Waals surface area contributed by atoms with E-state index in [1.54, 1.807) is 5.57 Å². The van der Waals surface area contributed by atoms with Gasteiger partial charge in [-0.2, -0.15) is 0 Å². The molecule has 1 aliphatic heterocycles. The summed E-state index contributed by atoms with van der Waals surface area (Å²) in [6.07, 6.45) is 10.6. The summed E-state index contributed by atoms with van der Waals surface area (Å²) in [5.41, 5.74) is 3.72. The number of rotatable bonds is 0. The van der Waals surface area contributed by atoms with Crippen LogP contribution in [-0.2, 0) is 9.53 Å². The largest absolute Gasteiger partial charge is 0.467 e. The van der Waals surface area contributed by atoms with Crippen molar-refractivity contribution in [1.29, 1.82) is 0 Å². The summed E-state index contributed by atoms with van der Waals surface area (Å²) in [5, 5.41) is 0. The molecule has 3 heteroatoms. The first-order chi connectivity index (χ1) is 12.7. The summed E-state index contributed by atoms with van der Waals surface area (Å²) in [6, 6.07) is 0. The van der Waals surface area contributed by atoms with E-state index in [1.807, 2.05) is 13.0 Å². The Morgan fingerprint density at radius 2 is 2.07 bits per heavy atom. The van der Waals surface area contributed by atoms with Crippen molar-refractivity contribution < 1.29 is 9.53 Å². The summed E-state index contributed by atoms with van der Waals surface area (Å²) in [6.45, 7) is 13.4. The van der Waals surface area contributed by atoms with Gasteiger partial charge in [-0.3, -0.25) is 4.79 Å². The lowest BCUT2D eigenvalue weighted by molar-refractivity contribution is -0.115. The number of ketones is 1. The van der Waals surface area contributed by atoms with E-state index < -0.39 is 0 Å². The van der Waals surface area contributed by atoms with E-state index in [2.05, 4.69) is 38.4 Å². The van der Waals surface area contributed by atoms with Crippen LogP contribution < -0.4 is 0 Å². The maximum absolute atomic E-state index is 12.0. The number of carbonyl (C=O) groups excluding carboxylic acids is 1. The fourth-order valence-electron chi connectivity index (χ4n) is 7.61. The van der Waals surface area contributed by atoms with Crippen molar-refractivity contribution in [2.24, 2.45) is 33.6 Å². The minimum absolute atomic E-state index is 0.0426. The van der Waals surface area contributed by atoms with Crippen LogP contribution in [0.5, 0.6) is 0 Å². The lowest BCUT2D eigenvalue weighted by Gasteiger charge is -2.55. The van der Waals surface area contributed by atoms with Gasteiger partial charge in [-0.05, 0) is 50.0 Å². The zero-order valence-electron chi connectivity index (χ0n) is 17.1. The van der Waals surface area contributed by atoms with Crippen LogP contribution in [-0.4, -0.2) is 17.3 Å². The number of hydrogen-bond donors (Lipinski definition) is 0. The Hall–Kier alpha value is -1.64. The molecule has 144 valence electrons. The second-order valence-electron chi connectivity index (χ2n) is 10.1. The third-order valence-corrected chi connectivity index (χ3v) is 8.91. The van der Waals surface area contributed by atoms with E-state index in [4.69, 9.17) is 4.74 Å². The Bertz CT molecular complexity index is 848. The second kappa shape index (κ2) is 5.24. The van der Waals surface area contributed by atoms with Gasteiger partial charge >= 0.3 is 0 Å². The molecule has 6 atom stereocenters. The summed E-state index contributed by atoms with van der Waals surface area (Å²) >= 11 is 0. The maximum Gasteiger partial charge on any atom is 0.186 e. The summed E-state index contributed by atoms with van der Waals surface area (Å²) < 4.78 is 6.50. The van der Waals surface area contributed by atoms with Gasteiger partial charge < -0.3 is 4.74 Å². The van der Waals surface area contributed by atoms with Gasteiger partial charge in [0, 0.05) is 30.1 Å². The topological polar surface area (TPSA) is 38.7 Å². The summed E-state index contributed by atoms with van der Waals surface area (Å²) in [5.74, 6) is 2.71. The van der Waals surface area contributed by atoms with E-state index in [9.17, 15) is 4.79 Å². The van der Waals surface area contributed by atoms with E-state index in [0.717, 1.165) is 37.3 Å². The fraction of sp³-hybridized carbons (Fsp3) is 0.667. The van der Waals surface area contributed by atoms with Gasteiger partial charge in [0.25, 0.3) is 0 Å². The molecule has 4 aliphatic carbocycles. The molecule has 0 radical (unpaired) electrons. The van der Waals surface area contributed by atoms with Gasteiger partial charge in [0.05, 0.1) is 5.70 Å². The highest BCUT2D eigenvalue weighted by molar-refractivity contribution is 5.92.